The van der Waals surface area contributed by atoms with Crippen LogP contribution in [0.2, 0.25) is 0 Å². The fraction of sp³-hybridized carbons (Fsp3) is 0.250. The maximum atomic E-state index is 13.4. The number of urea groups is 1. The molecule has 0 bridgehead atoms. The SMILES string of the molecule is CCC1(c2ccc(F)cc2)NC(=O)N(CC(=O)N2N=C(c3cccs3)CC2c2cccs2)C1=O. The molecule has 34 heavy (non-hydrogen) atoms. The highest BCUT2D eigenvalue weighted by atomic mass is 32.1. The average molecular weight is 497 g/mol. The third kappa shape index (κ3) is 3.72. The van der Waals surface area contributed by atoms with E-state index in [1.54, 1.807) is 18.3 Å². The van der Waals surface area contributed by atoms with Crippen molar-refractivity contribution in [3.63, 3.8) is 0 Å². The zero-order valence-electron chi connectivity index (χ0n) is 18.2. The molecule has 1 saturated heterocycles. The Morgan fingerprint density at radius 3 is 2.53 bits per heavy atom. The van der Waals surface area contributed by atoms with E-state index in [0.717, 1.165) is 20.4 Å². The summed E-state index contributed by atoms with van der Waals surface area (Å²) in [6.45, 7) is 1.33. The van der Waals surface area contributed by atoms with Crippen LogP contribution in [0, 0.1) is 5.82 Å². The Hall–Kier alpha value is -3.37. The number of carbonyl (C=O) groups is 3. The molecule has 5 rings (SSSR count). The van der Waals surface area contributed by atoms with Gasteiger partial charge in [0.1, 0.15) is 17.9 Å². The van der Waals surface area contributed by atoms with Crippen molar-refractivity contribution in [3.05, 3.63) is 80.4 Å². The molecule has 2 aromatic heterocycles. The molecule has 0 spiro atoms. The number of amides is 4. The van der Waals surface area contributed by atoms with Gasteiger partial charge in [0.25, 0.3) is 11.8 Å². The lowest BCUT2D eigenvalue weighted by molar-refractivity contribution is -0.140. The topological polar surface area (TPSA) is 82.1 Å². The molecule has 174 valence electrons. The molecule has 1 N–H and O–H groups in total. The Balaban J connectivity index is 1.41. The smallest absolute Gasteiger partial charge is 0.319 e. The van der Waals surface area contributed by atoms with Crippen LogP contribution < -0.4 is 5.32 Å². The molecule has 0 radical (unpaired) electrons. The average Bonchev–Trinajstić information content (AvgIpc) is 3.63. The predicted molar refractivity (Wildman–Crippen MR) is 128 cm³/mol. The molecule has 3 aromatic rings. The summed E-state index contributed by atoms with van der Waals surface area (Å²) in [5, 5.41) is 12.6. The molecule has 2 aliphatic rings. The molecule has 2 unspecified atom stereocenters. The first-order valence-electron chi connectivity index (χ1n) is 10.8. The first-order chi connectivity index (χ1) is 16.4. The lowest BCUT2D eigenvalue weighted by Gasteiger charge is -2.26. The van der Waals surface area contributed by atoms with Gasteiger partial charge in [0.05, 0.1) is 16.6 Å². The zero-order valence-corrected chi connectivity index (χ0v) is 19.9. The van der Waals surface area contributed by atoms with Gasteiger partial charge in [-0.05, 0) is 47.0 Å². The van der Waals surface area contributed by atoms with Crippen LogP contribution in [0.25, 0.3) is 0 Å². The molecule has 7 nitrogen and oxygen atoms in total. The molecule has 4 amide bonds. The number of thiophene rings is 2. The monoisotopic (exact) mass is 496 g/mol. The van der Waals surface area contributed by atoms with Gasteiger partial charge in [0, 0.05) is 11.3 Å². The van der Waals surface area contributed by atoms with Gasteiger partial charge >= 0.3 is 6.03 Å². The Morgan fingerprint density at radius 1 is 1.15 bits per heavy atom. The Kier molecular flexibility index (Phi) is 5.78. The van der Waals surface area contributed by atoms with E-state index in [4.69, 9.17) is 0 Å². The zero-order chi connectivity index (χ0) is 23.9. The number of benzene rings is 1. The van der Waals surface area contributed by atoms with Crippen molar-refractivity contribution < 1.29 is 18.8 Å². The van der Waals surface area contributed by atoms with E-state index in [2.05, 4.69) is 10.4 Å². The van der Waals surface area contributed by atoms with Gasteiger partial charge in [-0.15, -0.1) is 22.7 Å². The van der Waals surface area contributed by atoms with Crippen molar-refractivity contribution in [2.75, 3.05) is 6.54 Å². The molecular formula is C24H21FN4O3S2. The van der Waals surface area contributed by atoms with Crippen LogP contribution in [0.3, 0.4) is 0 Å². The molecule has 1 fully saturated rings. The highest BCUT2D eigenvalue weighted by Gasteiger charge is 2.52. The third-order valence-corrected chi connectivity index (χ3v) is 8.07. The number of rotatable bonds is 6. The number of hydrogen-bond acceptors (Lipinski definition) is 6. The fourth-order valence-electron chi connectivity index (χ4n) is 4.39. The molecule has 0 saturated carbocycles. The number of carbonyl (C=O) groups excluding carboxylic acids is 3. The second-order valence-electron chi connectivity index (χ2n) is 8.08. The maximum Gasteiger partial charge on any atom is 0.325 e. The van der Waals surface area contributed by atoms with Gasteiger partial charge in [0.2, 0.25) is 0 Å². The van der Waals surface area contributed by atoms with E-state index < -0.39 is 35.7 Å². The van der Waals surface area contributed by atoms with Crippen molar-refractivity contribution in [2.24, 2.45) is 5.10 Å². The summed E-state index contributed by atoms with van der Waals surface area (Å²) in [5.41, 5.74) is -0.0669. The Morgan fingerprint density at radius 2 is 1.88 bits per heavy atom. The Labute approximate surface area is 203 Å². The summed E-state index contributed by atoms with van der Waals surface area (Å²) in [6.07, 6.45) is 0.817. The van der Waals surface area contributed by atoms with E-state index in [1.807, 2.05) is 35.0 Å². The fourth-order valence-corrected chi connectivity index (χ4v) is 5.92. The van der Waals surface area contributed by atoms with Gasteiger partial charge in [-0.1, -0.05) is 31.2 Å². The van der Waals surface area contributed by atoms with Gasteiger partial charge < -0.3 is 5.32 Å². The minimum absolute atomic E-state index is 0.260. The number of imide groups is 1. The first kappa shape index (κ1) is 22.4. The number of hydrogen-bond donors (Lipinski definition) is 1. The highest BCUT2D eigenvalue weighted by molar-refractivity contribution is 7.12. The van der Waals surface area contributed by atoms with Crippen LogP contribution in [-0.4, -0.2) is 40.0 Å². The highest BCUT2D eigenvalue weighted by Crippen LogP contribution is 2.37. The first-order valence-corrected chi connectivity index (χ1v) is 12.6. The van der Waals surface area contributed by atoms with E-state index in [1.165, 1.54) is 40.6 Å². The summed E-state index contributed by atoms with van der Waals surface area (Å²) in [4.78, 5) is 42.5. The van der Waals surface area contributed by atoms with Crippen LogP contribution in [0.4, 0.5) is 9.18 Å². The predicted octanol–water partition coefficient (Wildman–Crippen LogP) is 4.48. The van der Waals surface area contributed by atoms with Crippen LogP contribution in [0.1, 0.15) is 41.1 Å². The van der Waals surface area contributed by atoms with Crippen molar-refractivity contribution in [2.45, 2.75) is 31.3 Å². The van der Waals surface area contributed by atoms with Crippen molar-refractivity contribution in [1.82, 2.24) is 15.2 Å². The summed E-state index contributed by atoms with van der Waals surface area (Å²) < 4.78 is 13.4. The van der Waals surface area contributed by atoms with Crippen molar-refractivity contribution >= 4 is 46.2 Å². The number of nitrogens with one attached hydrogen (secondary N) is 1. The maximum absolute atomic E-state index is 13.4. The molecule has 1 aromatic carbocycles. The summed E-state index contributed by atoms with van der Waals surface area (Å²) in [5.74, 6) is -1.42. The van der Waals surface area contributed by atoms with Crippen LogP contribution >= 0.6 is 22.7 Å². The summed E-state index contributed by atoms with van der Waals surface area (Å²) in [7, 11) is 0. The second kappa shape index (κ2) is 8.77. The van der Waals surface area contributed by atoms with E-state index >= 15 is 0 Å². The molecule has 4 heterocycles. The minimum atomic E-state index is -1.34. The van der Waals surface area contributed by atoms with Crippen molar-refractivity contribution in [1.29, 1.82) is 0 Å². The molecular weight excluding hydrogens is 475 g/mol. The molecule has 10 heteroatoms. The number of nitrogens with zero attached hydrogens (tertiary/aromatic N) is 3. The van der Waals surface area contributed by atoms with Crippen LogP contribution in [0.5, 0.6) is 0 Å². The third-order valence-electron chi connectivity index (χ3n) is 6.18. The van der Waals surface area contributed by atoms with Crippen LogP contribution in [-0.2, 0) is 15.1 Å². The quantitative estimate of drug-likeness (QED) is 0.511. The van der Waals surface area contributed by atoms with Gasteiger partial charge in [-0.2, -0.15) is 5.10 Å². The lowest BCUT2D eigenvalue weighted by atomic mass is 9.87. The van der Waals surface area contributed by atoms with Gasteiger partial charge in [0.15, 0.2) is 0 Å². The molecule has 2 aliphatic heterocycles. The standard InChI is InChI=1S/C24H21FN4O3S2/c1-2-24(15-7-9-16(25)10-8-15)22(31)28(23(32)26-24)14-21(30)29-18(20-6-4-12-34-20)13-17(27-29)19-5-3-11-33-19/h3-12,18H,2,13-14H2,1H3,(H,26,32). The van der Waals surface area contributed by atoms with Gasteiger partial charge in [-0.25, -0.2) is 14.2 Å². The summed E-state index contributed by atoms with van der Waals surface area (Å²) >= 11 is 3.08. The molecule has 2 atom stereocenters. The van der Waals surface area contributed by atoms with E-state index in [9.17, 15) is 18.8 Å². The molecule has 0 aliphatic carbocycles. The number of halogens is 1. The normalized spacial score (nSPS) is 22.3. The largest absolute Gasteiger partial charge is 0.325 e. The van der Waals surface area contributed by atoms with Gasteiger partial charge in [-0.3, -0.25) is 14.5 Å². The minimum Gasteiger partial charge on any atom is -0.319 e. The van der Waals surface area contributed by atoms with E-state index in [0.29, 0.717) is 12.0 Å². The summed E-state index contributed by atoms with van der Waals surface area (Å²) in [6, 6.07) is 12.3. The Bertz CT molecular complexity index is 1260. The van der Waals surface area contributed by atoms with Crippen molar-refractivity contribution in [3.8, 4) is 0 Å². The van der Waals surface area contributed by atoms with Crippen LogP contribution in [0.15, 0.2) is 64.4 Å². The van der Waals surface area contributed by atoms with E-state index in [-0.39, 0.29) is 12.5 Å². The number of hydrazone groups is 1. The lowest BCUT2D eigenvalue weighted by Crippen LogP contribution is -2.45. The second-order valence-corrected chi connectivity index (χ2v) is 10.0.